The lowest BCUT2D eigenvalue weighted by molar-refractivity contribution is -0.151. The number of rotatable bonds is 6. The van der Waals surface area contributed by atoms with Crippen molar-refractivity contribution in [3.05, 3.63) is 63.1 Å². The zero-order chi connectivity index (χ0) is 22.5. The van der Waals surface area contributed by atoms with Crippen LogP contribution >= 0.6 is 27.5 Å². The van der Waals surface area contributed by atoms with Crippen LogP contribution in [-0.4, -0.2) is 41.9 Å². The molecule has 1 aliphatic heterocycles. The molecule has 2 aromatic rings. The molecule has 1 saturated heterocycles. The van der Waals surface area contributed by atoms with Crippen LogP contribution in [0.4, 0.5) is 5.69 Å². The number of hydrazine groups is 1. The molecule has 1 aliphatic rings. The Morgan fingerprint density at radius 1 is 1.19 bits per heavy atom. The van der Waals surface area contributed by atoms with Crippen molar-refractivity contribution in [1.82, 2.24) is 10.4 Å². The molecule has 31 heavy (non-hydrogen) atoms. The number of carbonyl (C=O) groups excluding carboxylic acids is 4. The van der Waals surface area contributed by atoms with Gasteiger partial charge in [-0.3, -0.25) is 29.6 Å². The number of ether oxygens (including phenoxy) is 1. The van der Waals surface area contributed by atoms with Gasteiger partial charge in [0.1, 0.15) is 0 Å². The van der Waals surface area contributed by atoms with Crippen LogP contribution in [-0.2, 0) is 19.1 Å². The highest BCUT2D eigenvalue weighted by molar-refractivity contribution is 9.10. The first-order valence-corrected chi connectivity index (χ1v) is 10.5. The predicted molar refractivity (Wildman–Crippen MR) is 117 cm³/mol. The van der Waals surface area contributed by atoms with E-state index in [1.807, 2.05) is 6.92 Å². The third-order valence-corrected chi connectivity index (χ3v) is 5.54. The van der Waals surface area contributed by atoms with Crippen LogP contribution in [0.15, 0.2) is 46.9 Å². The molecule has 0 aromatic heterocycles. The van der Waals surface area contributed by atoms with E-state index in [4.69, 9.17) is 16.3 Å². The van der Waals surface area contributed by atoms with Gasteiger partial charge in [-0.15, -0.1) is 0 Å². The van der Waals surface area contributed by atoms with Crippen molar-refractivity contribution < 1.29 is 23.9 Å². The summed E-state index contributed by atoms with van der Waals surface area (Å²) in [5.74, 6) is -2.87. The van der Waals surface area contributed by atoms with Crippen molar-refractivity contribution >= 4 is 56.9 Å². The van der Waals surface area contributed by atoms with Gasteiger partial charge >= 0.3 is 5.97 Å². The first-order chi connectivity index (χ1) is 14.7. The zero-order valence-corrected chi connectivity index (χ0v) is 18.8. The van der Waals surface area contributed by atoms with Crippen molar-refractivity contribution in [2.45, 2.75) is 13.3 Å². The number of amides is 3. The lowest BCUT2D eigenvalue weighted by Gasteiger charge is -2.17. The quantitative estimate of drug-likeness (QED) is 0.584. The Morgan fingerprint density at radius 3 is 2.58 bits per heavy atom. The standard InChI is InChI=1S/C21H19BrClN3O5/c1-12-2-7-16(9-17(12)23)24-18(27)11-31-21(30)14-8-19(28)26(10-14)25-20(29)13-3-5-15(22)6-4-13/h2-7,9,14H,8,10-11H2,1H3,(H,24,27)(H,25,29)/t14-/m1/s1. The third-order valence-electron chi connectivity index (χ3n) is 4.60. The largest absolute Gasteiger partial charge is 0.455 e. The summed E-state index contributed by atoms with van der Waals surface area (Å²) >= 11 is 9.30. The van der Waals surface area contributed by atoms with E-state index in [1.54, 1.807) is 42.5 Å². The number of hydrogen-bond donors (Lipinski definition) is 2. The number of halogens is 2. The number of aryl methyl sites for hydroxylation is 1. The van der Waals surface area contributed by atoms with Gasteiger partial charge in [-0.25, -0.2) is 0 Å². The molecule has 10 heteroatoms. The Morgan fingerprint density at radius 2 is 1.90 bits per heavy atom. The van der Waals surface area contributed by atoms with E-state index in [2.05, 4.69) is 26.7 Å². The van der Waals surface area contributed by atoms with E-state index in [1.165, 1.54) is 0 Å². The van der Waals surface area contributed by atoms with Gasteiger partial charge in [0.25, 0.3) is 11.8 Å². The monoisotopic (exact) mass is 507 g/mol. The molecular weight excluding hydrogens is 490 g/mol. The Hall–Kier alpha value is -2.91. The molecule has 8 nitrogen and oxygen atoms in total. The summed E-state index contributed by atoms with van der Waals surface area (Å²) in [5.41, 5.74) is 4.21. The topological polar surface area (TPSA) is 105 Å². The predicted octanol–water partition coefficient (Wildman–Crippen LogP) is 3.09. The fraction of sp³-hybridized carbons (Fsp3) is 0.238. The van der Waals surface area contributed by atoms with Crippen LogP contribution in [0.5, 0.6) is 0 Å². The minimum absolute atomic E-state index is 0.0326. The molecule has 3 rings (SSSR count). The minimum Gasteiger partial charge on any atom is -0.455 e. The average molecular weight is 509 g/mol. The van der Waals surface area contributed by atoms with E-state index in [0.717, 1.165) is 15.0 Å². The van der Waals surface area contributed by atoms with Crippen molar-refractivity contribution in [2.24, 2.45) is 5.92 Å². The van der Waals surface area contributed by atoms with Crippen molar-refractivity contribution in [2.75, 3.05) is 18.5 Å². The molecular formula is C21H19BrClN3O5. The van der Waals surface area contributed by atoms with Crippen LogP contribution in [0.2, 0.25) is 5.02 Å². The smallest absolute Gasteiger partial charge is 0.311 e. The maximum atomic E-state index is 12.3. The molecule has 3 amide bonds. The molecule has 0 unspecified atom stereocenters. The first kappa shape index (κ1) is 22.8. The van der Waals surface area contributed by atoms with Crippen LogP contribution in [0.1, 0.15) is 22.3 Å². The highest BCUT2D eigenvalue weighted by atomic mass is 79.9. The molecule has 0 spiro atoms. The van der Waals surface area contributed by atoms with E-state index >= 15 is 0 Å². The molecule has 2 N–H and O–H groups in total. The highest BCUT2D eigenvalue weighted by Crippen LogP contribution is 2.21. The Kier molecular flexibility index (Phi) is 7.29. The van der Waals surface area contributed by atoms with Crippen molar-refractivity contribution in [1.29, 1.82) is 0 Å². The molecule has 0 bridgehead atoms. The fourth-order valence-corrected chi connectivity index (χ4v) is 3.33. The minimum atomic E-state index is -0.778. The second-order valence-corrected chi connectivity index (χ2v) is 8.30. The van der Waals surface area contributed by atoms with Crippen molar-refractivity contribution in [3.8, 4) is 0 Å². The third kappa shape index (κ3) is 6.05. The average Bonchev–Trinajstić information content (AvgIpc) is 3.10. The van der Waals surface area contributed by atoms with Crippen LogP contribution in [0.3, 0.4) is 0 Å². The van der Waals surface area contributed by atoms with Gasteiger partial charge in [0.2, 0.25) is 5.91 Å². The van der Waals surface area contributed by atoms with Gasteiger partial charge in [0, 0.05) is 27.2 Å². The SMILES string of the molecule is Cc1ccc(NC(=O)COC(=O)[C@@H]2CC(=O)N(NC(=O)c3ccc(Br)cc3)C2)cc1Cl. The molecule has 1 atom stereocenters. The van der Waals surface area contributed by atoms with Gasteiger partial charge in [-0.2, -0.15) is 0 Å². The number of anilines is 1. The van der Waals surface area contributed by atoms with Crippen LogP contribution < -0.4 is 10.7 Å². The first-order valence-electron chi connectivity index (χ1n) is 9.32. The lowest BCUT2D eigenvalue weighted by atomic mass is 10.1. The highest BCUT2D eigenvalue weighted by Gasteiger charge is 2.36. The number of carbonyl (C=O) groups is 4. The number of benzene rings is 2. The van der Waals surface area contributed by atoms with Crippen molar-refractivity contribution in [3.63, 3.8) is 0 Å². The molecule has 1 heterocycles. The Bertz CT molecular complexity index is 1030. The van der Waals surface area contributed by atoms with E-state index in [0.29, 0.717) is 16.3 Å². The maximum Gasteiger partial charge on any atom is 0.311 e. The Balaban J connectivity index is 1.48. The molecule has 0 aliphatic carbocycles. The van der Waals surface area contributed by atoms with Gasteiger partial charge in [0.05, 0.1) is 12.5 Å². The number of esters is 1. The lowest BCUT2D eigenvalue weighted by Crippen LogP contribution is -2.43. The second-order valence-electron chi connectivity index (χ2n) is 6.97. The Labute approximate surface area is 192 Å². The second kappa shape index (κ2) is 9.93. The molecule has 1 fully saturated rings. The van der Waals surface area contributed by atoms with Gasteiger partial charge in [-0.05, 0) is 48.9 Å². The molecule has 2 aromatic carbocycles. The van der Waals surface area contributed by atoms with E-state index in [-0.39, 0.29) is 13.0 Å². The number of hydrogen-bond acceptors (Lipinski definition) is 5. The van der Waals surface area contributed by atoms with Crippen LogP contribution in [0.25, 0.3) is 0 Å². The van der Waals surface area contributed by atoms with Crippen LogP contribution in [0, 0.1) is 12.8 Å². The summed E-state index contributed by atoms with van der Waals surface area (Å²) in [4.78, 5) is 48.7. The summed E-state index contributed by atoms with van der Waals surface area (Å²) in [6, 6.07) is 11.6. The van der Waals surface area contributed by atoms with E-state index in [9.17, 15) is 19.2 Å². The van der Waals surface area contributed by atoms with Gasteiger partial charge < -0.3 is 10.1 Å². The van der Waals surface area contributed by atoms with Gasteiger partial charge in [-0.1, -0.05) is 33.6 Å². The molecule has 0 saturated carbocycles. The summed E-state index contributed by atoms with van der Waals surface area (Å²) in [6.45, 7) is 1.30. The number of nitrogens with one attached hydrogen (secondary N) is 2. The molecule has 162 valence electrons. The summed E-state index contributed by atoms with van der Waals surface area (Å²) in [6.07, 6.45) is -0.116. The molecule has 0 radical (unpaired) electrons. The zero-order valence-electron chi connectivity index (χ0n) is 16.5. The fourth-order valence-electron chi connectivity index (χ4n) is 2.88. The summed E-state index contributed by atoms with van der Waals surface area (Å²) in [7, 11) is 0. The normalized spacial score (nSPS) is 15.5. The van der Waals surface area contributed by atoms with E-state index < -0.39 is 36.2 Å². The summed E-state index contributed by atoms with van der Waals surface area (Å²) < 4.78 is 5.85. The number of nitrogens with zero attached hydrogens (tertiary/aromatic N) is 1. The maximum absolute atomic E-state index is 12.3. The van der Waals surface area contributed by atoms with Gasteiger partial charge in [0.15, 0.2) is 6.61 Å². The summed E-state index contributed by atoms with van der Waals surface area (Å²) in [5, 5.41) is 4.18.